The Labute approximate surface area is 143 Å². The van der Waals surface area contributed by atoms with E-state index in [1.165, 1.54) is 11.1 Å². The number of rotatable bonds is 5. The van der Waals surface area contributed by atoms with Crippen molar-refractivity contribution < 1.29 is 9.53 Å². The summed E-state index contributed by atoms with van der Waals surface area (Å²) >= 11 is 0. The SMILES string of the molecule is C=Cc1ccc2c(c1)CCc1nn(C(C(=O)OCC)C(C)C)cc1-2. The summed E-state index contributed by atoms with van der Waals surface area (Å²) in [7, 11) is 0. The van der Waals surface area contributed by atoms with Crippen molar-refractivity contribution in [3.05, 3.63) is 47.8 Å². The number of esters is 1. The third-order valence-corrected chi connectivity index (χ3v) is 4.54. The van der Waals surface area contributed by atoms with Crippen molar-refractivity contribution in [1.82, 2.24) is 9.78 Å². The highest BCUT2D eigenvalue weighted by atomic mass is 16.5. The van der Waals surface area contributed by atoms with Crippen LogP contribution in [0.3, 0.4) is 0 Å². The zero-order valence-corrected chi connectivity index (χ0v) is 14.6. The first kappa shape index (κ1) is 16.5. The molecule has 0 spiro atoms. The maximum Gasteiger partial charge on any atom is 0.331 e. The van der Waals surface area contributed by atoms with Crippen LogP contribution in [0, 0.1) is 5.92 Å². The number of carbonyl (C=O) groups is 1. The smallest absolute Gasteiger partial charge is 0.331 e. The van der Waals surface area contributed by atoms with Crippen molar-refractivity contribution in [2.24, 2.45) is 5.92 Å². The lowest BCUT2D eigenvalue weighted by molar-refractivity contribution is -0.149. The van der Waals surface area contributed by atoms with Gasteiger partial charge in [-0.05, 0) is 42.4 Å². The molecule has 4 heteroatoms. The highest BCUT2D eigenvalue weighted by Gasteiger charge is 2.29. The third-order valence-electron chi connectivity index (χ3n) is 4.54. The Morgan fingerprint density at radius 2 is 2.17 bits per heavy atom. The Bertz CT molecular complexity index is 774. The molecule has 3 rings (SSSR count). The van der Waals surface area contributed by atoms with Gasteiger partial charge >= 0.3 is 5.97 Å². The van der Waals surface area contributed by atoms with Gasteiger partial charge in [0.25, 0.3) is 0 Å². The largest absolute Gasteiger partial charge is 0.464 e. The molecule has 1 aromatic carbocycles. The molecule has 0 bridgehead atoms. The average molecular weight is 324 g/mol. The van der Waals surface area contributed by atoms with E-state index in [1.54, 1.807) is 4.68 Å². The van der Waals surface area contributed by atoms with Gasteiger partial charge in [0.1, 0.15) is 0 Å². The highest BCUT2D eigenvalue weighted by molar-refractivity contribution is 5.76. The molecule has 0 amide bonds. The van der Waals surface area contributed by atoms with Crippen LogP contribution < -0.4 is 0 Å². The van der Waals surface area contributed by atoms with Crippen LogP contribution in [0.5, 0.6) is 0 Å². The van der Waals surface area contributed by atoms with Gasteiger partial charge in [0, 0.05) is 11.8 Å². The minimum Gasteiger partial charge on any atom is -0.464 e. The minimum absolute atomic E-state index is 0.119. The van der Waals surface area contributed by atoms with E-state index in [2.05, 4.69) is 24.8 Å². The van der Waals surface area contributed by atoms with Crippen molar-refractivity contribution in [3.8, 4) is 11.1 Å². The van der Waals surface area contributed by atoms with E-state index in [9.17, 15) is 4.79 Å². The first-order valence-electron chi connectivity index (χ1n) is 8.55. The molecule has 0 N–H and O–H groups in total. The van der Waals surface area contributed by atoms with Gasteiger partial charge in [-0.1, -0.05) is 44.7 Å². The second-order valence-corrected chi connectivity index (χ2v) is 6.53. The summed E-state index contributed by atoms with van der Waals surface area (Å²) in [6.45, 7) is 10.1. The molecule has 2 aromatic rings. The zero-order valence-electron chi connectivity index (χ0n) is 14.6. The quantitative estimate of drug-likeness (QED) is 0.779. The molecule has 0 radical (unpaired) electrons. The number of aromatic nitrogens is 2. The molecule has 1 aromatic heterocycles. The number of nitrogens with zero attached hydrogens (tertiary/aromatic N) is 2. The van der Waals surface area contributed by atoms with Gasteiger partial charge < -0.3 is 4.74 Å². The predicted octanol–water partition coefficient (Wildman–Crippen LogP) is 4.05. The van der Waals surface area contributed by atoms with Gasteiger partial charge in [-0.25, -0.2) is 4.79 Å². The number of carbonyl (C=O) groups excluding carboxylic acids is 1. The molecule has 0 saturated carbocycles. The number of hydrogen-bond acceptors (Lipinski definition) is 3. The van der Waals surface area contributed by atoms with Crippen LogP contribution in [-0.2, 0) is 22.4 Å². The monoisotopic (exact) mass is 324 g/mol. The summed E-state index contributed by atoms with van der Waals surface area (Å²) in [6, 6.07) is 6.01. The lowest BCUT2D eigenvalue weighted by Gasteiger charge is -2.19. The van der Waals surface area contributed by atoms with Crippen molar-refractivity contribution in [2.45, 2.75) is 39.7 Å². The van der Waals surface area contributed by atoms with E-state index in [-0.39, 0.29) is 17.9 Å². The fraction of sp³-hybridized carbons (Fsp3) is 0.400. The highest BCUT2D eigenvalue weighted by Crippen LogP contribution is 2.35. The van der Waals surface area contributed by atoms with Crippen molar-refractivity contribution in [3.63, 3.8) is 0 Å². The van der Waals surface area contributed by atoms with E-state index in [0.29, 0.717) is 6.61 Å². The fourth-order valence-electron chi connectivity index (χ4n) is 3.36. The Balaban J connectivity index is 2.01. The Morgan fingerprint density at radius 1 is 1.38 bits per heavy atom. The number of fused-ring (bicyclic) bond motifs is 3. The molecule has 1 aliphatic rings. The summed E-state index contributed by atoms with van der Waals surface area (Å²) in [4.78, 5) is 12.3. The molecular weight excluding hydrogens is 300 g/mol. The minimum atomic E-state index is -0.383. The molecule has 24 heavy (non-hydrogen) atoms. The van der Waals surface area contributed by atoms with Crippen LogP contribution in [-0.4, -0.2) is 22.4 Å². The van der Waals surface area contributed by atoms with Crippen LogP contribution in [0.15, 0.2) is 31.0 Å². The topological polar surface area (TPSA) is 44.1 Å². The molecule has 0 aliphatic heterocycles. The molecule has 1 atom stereocenters. The molecule has 1 unspecified atom stereocenters. The van der Waals surface area contributed by atoms with Crippen LogP contribution in [0.4, 0.5) is 0 Å². The molecule has 126 valence electrons. The van der Waals surface area contributed by atoms with Crippen molar-refractivity contribution in [1.29, 1.82) is 0 Å². The molecule has 0 fully saturated rings. The summed E-state index contributed by atoms with van der Waals surface area (Å²) < 4.78 is 7.04. The average Bonchev–Trinajstić information content (AvgIpc) is 2.98. The summed E-state index contributed by atoms with van der Waals surface area (Å²) in [6.07, 6.45) is 5.73. The first-order chi connectivity index (χ1) is 11.5. The lowest BCUT2D eigenvalue weighted by Crippen LogP contribution is -2.27. The molecule has 4 nitrogen and oxygen atoms in total. The molecular formula is C20H24N2O2. The van der Waals surface area contributed by atoms with Gasteiger partial charge in [-0.2, -0.15) is 5.10 Å². The Kier molecular flexibility index (Phi) is 4.56. The maximum absolute atomic E-state index is 12.3. The summed E-state index contributed by atoms with van der Waals surface area (Å²) in [5.41, 5.74) is 5.85. The van der Waals surface area contributed by atoms with E-state index < -0.39 is 0 Å². The summed E-state index contributed by atoms with van der Waals surface area (Å²) in [5, 5.41) is 4.71. The third kappa shape index (κ3) is 2.88. The summed E-state index contributed by atoms with van der Waals surface area (Å²) in [5.74, 6) is -0.0948. The molecule has 1 heterocycles. The van der Waals surface area contributed by atoms with Crippen LogP contribution in [0.1, 0.15) is 43.6 Å². The lowest BCUT2D eigenvalue weighted by atomic mass is 9.89. The van der Waals surface area contributed by atoms with Crippen molar-refractivity contribution in [2.75, 3.05) is 6.61 Å². The van der Waals surface area contributed by atoms with Gasteiger partial charge in [-0.15, -0.1) is 0 Å². The van der Waals surface area contributed by atoms with Crippen molar-refractivity contribution >= 4 is 12.0 Å². The zero-order chi connectivity index (χ0) is 17.3. The van der Waals surface area contributed by atoms with E-state index in [0.717, 1.165) is 29.7 Å². The standard InChI is InChI=1S/C20H24N2O2/c1-5-14-7-9-16-15(11-14)8-10-18-17(16)12-22(21-18)19(13(3)4)20(23)24-6-2/h5,7,9,11-13,19H,1,6,8,10H2,2-4H3. The van der Waals surface area contributed by atoms with Gasteiger partial charge in [-0.3, -0.25) is 4.68 Å². The molecule has 0 saturated heterocycles. The number of ether oxygens (including phenoxy) is 1. The Morgan fingerprint density at radius 3 is 2.83 bits per heavy atom. The first-order valence-corrected chi connectivity index (χ1v) is 8.55. The number of aryl methyl sites for hydroxylation is 2. The van der Waals surface area contributed by atoms with E-state index >= 15 is 0 Å². The van der Waals surface area contributed by atoms with Crippen LogP contribution >= 0.6 is 0 Å². The van der Waals surface area contributed by atoms with Gasteiger partial charge in [0.2, 0.25) is 0 Å². The number of hydrogen-bond donors (Lipinski definition) is 0. The van der Waals surface area contributed by atoms with Gasteiger partial charge in [0.15, 0.2) is 6.04 Å². The number of benzene rings is 1. The van der Waals surface area contributed by atoms with Gasteiger partial charge in [0.05, 0.1) is 12.3 Å². The Hall–Kier alpha value is -2.36. The van der Waals surface area contributed by atoms with E-state index in [1.807, 2.05) is 33.0 Å². The second-order valence-electron chi connectivity index (χ2n) is 6.53. The predicted molar refractivity (Wildman–Crippen MR) is 95.7 cm³/mol. The normalized spacial score (nSPS) is 14.0. The maximum atomic E-state index is 12.3. The van der Waals surface area contributed by atoms with Crippen LogP contribution in [0.25, 0.3) is 17.2 Å². The van der Waals surface area contributed by atoms with Crippen LogP contribution in [0.2, 0.25) is 0 Å². The fourth-order valence-corrected chi connectivity index (χ4v) is 3.36. The van der Waals surface area contributed by atoms with E-state index in [4.69, 9.17) is 9.84 Å². The molecule has 1 aliphatic carbocycles. The second kappa shape index (κ2) is 6.63.